The van der Waals surface area contributed by atoms with Crippen LogP contribution in [-0.2, 0) is 0 Å². The molecular weight excluding hydrogens is 292 g/mol. The van der Waals surface area contributed by atoms with E-state index in [0.717, 1.165) is 23.4 Å². The number of nitrogens with one attached hydrogen (secondary N) is 1. The van der Waals surface area contributed by atoms with Crippen LogP contribution in [0.15, 0.2) is 47.4 Å². The van der Waals surface area contributed by atoms with Crippen LogP contribution < -0.4 is 10.1 Å². The van der Waals surface area contributed by atoms with Crippen LogP contribution in [-0.4, -0.2) is 19.9 Å². The molecule has 0 aliphatic heterocycles. The molecule has 0 aliphatic rings. The van der Waals surface area contributed by atoms with Gasteiger partial charge in [0, 0.05) is 22.3 Å². The van der Waals surface area contributed by atoms with Gasteiger partial charge in [-0.25, -0.2) is 8.78 Å². The summed E-state index contributed by atoms with van der Waals surface area (Å²) >= 11 is 1.27. The van der Waals surface area contributed by atoms with Gasteiger partial charge in [0.2, 0.25) is 0 Å². The maximum atomic E-state index is 13.6. The molecule has 0 aliphatic carbocycles. The molecule has 0 saturated heterocycles. The normalized spacial score (nSPS) is 12.2. The van der Waals surface area contributed by atoms with Gasteiger partial charge in [0.25, 0.3) is 0 Å². The van der Waals surface area contributed by atoms with Crippen molar-refractivity contribution in [3.05, 3.63) is 59.7 Å². The van der Waals surface area contributed by atoms with E-state index in [1.54, 1.807) is 7.11 Å². The van der Waals surface area contributed by atoms with Gasteiger partial charge in [-0.1, -0.05) is 18.2 Å². The maximum absolute atomic E-state index is 13.6. The summed E-state index contributed by atoms with van der Waals surface area (Å²) < 4.78 is 32.2. The minimum Gasteiger partial charge on any atom is -0.496 e. The molecule has 2 aromatic carbocycles. The number of benzene rings is 2. The molecule has 0 heterocycles. The van der Waals surface area contributed by atoms with Crippen molar-refractivity contribution in [2.45, 2.75) is 10.9 Å². The summed E-state index contributed by atoms with van der Waals surface area (Å²) in [5.74, 6) is 0.502. The smallest absolute Gasteiger partial charge is 0.136 e. The zero-order chi connectivity index (χ0) is 15.2. The molecule has 112 valence electrons. The second-order valence-electron chi connectivity index (χ2n) is 4.47. The fourth-order valence-corrected chi connectivity index (χ4v) is 3.14. The van der Waals surface area contributed by atoms with Crippen molar-refractivity contribution in [3.8, 4) is 5.75 Å². The molecule has 0 bridgehead atoms. The minimum atomic E-state index is -0.433. The van der Waals surface area contributed by atoms with Gasteiger partial charge in [-0.05, 0) is 31.3 Å². The number of hydrogen-bond acceptors (Lipinski definition) is 3. The number of halogens is 2. The largest absolute Gasteiger partial charge is 0.496 e. The second-order valence-corrected chi connectivity index (χ2v) is 5.53. The fraction of sp³-hybridized carbons (Fsp3) is 0.250. The molecule has 2 aromatic rings. The Kier molecular flexibility index (Phi) is 5.59. The van der Waals surface area contributed by atoms with E-state index in [0.29, 0.717) is 10.6 Å². The molecule has 5 heteroatoms. The quantitative estimate of drug-likeness (QED) is 0.814. The Morgan fingerprint density at radius 3 is 2.67 bits per heavy atom. The van der Waals surface area contributed by atoms with Gasteiger partial charge in [0.1, 0.15) is 17.4 Å². The van der Waals surface area contributed by atoms with E-state index in [4.69, 9.17) is 4.74 Å². The summed E-state index contributed by atoms with van der Waals surface area (Å²) in [5, 5.41) is 3.18. The molecule has 0 amide bonds. The van der Waals surface area contributed by atoms with Crippen molar-refractivity contribution in [2.75, 3.05) is 19.9 Å². The van der Waals surface area contributed by atoms with Crippen molar-refractivity contribution < 1.29 is 13.5 Å². The zero-order valence-corrected chi connectivity index (χ0v) is 12.7. The summed E-state index contributed by atoms with van der Waals surface area (Å²) in [6, 6.07) is 11.1. The number of methoxy groups -OCH3 is 1. The average Bonchev–Trinajstić information content (AvgIpc) is 2.51. The summed E-state index contributed by atoms with van der Waals surface area (Å²) in [6.45, 7) is 0. The third-order valence-electron chi connectivity index (χ3n) is 3.16. The highest BCUT2D eigenvalue weighted by atomic mass is 32.2. The molecule has 0 radical (unpaired) electrons. The Labute approximate surface area is 127 Å². The highest BCUT2D eigenvalue weighted by Crippen LogP contribution is 2.31. The topological polar surface area (TPSA) is 21.3 Å². The Balaban J connectivity index is 2.14. The lowest BCUT2D eigenvalue weighted by molar-refractivity contribution is 0.404. The van der Waals surface area contributed by atoms with Crippen LogP contribution in [0.2, 0.25) is 0 Å². The molecule has 0 spiro atoms. The van der Waals surface area contributed by atoms with Crippen molar-refractivity contribution in [1.29, 1.82) is 0 Å². The minimum absolute atomic E-state index is 0.0196. The molecule has 2 nitrogen and oxygen atoms in total. The van der Waals surface area contributed by atoms with E-state index < -0.39 is 11.6 Å². The number of rotatable bonds is 6. The molecule has 2 rings (SSSR count). The van der Waals surface area contributed by atoms with Gasteiger partial charge in [0.05, 0.1) is 7.11 Å². The number of para-hydroxylation sites is 1. The van der Waals surface area contributed by atoms with Crippen LogP contribution in [0.1, 0.15) is 11.6 Å². The van der Waals surface area contributed by atoms with Gasteiger partial charge in [-0.2, -0.15) is 0 Å². The summed E-state index contributed by atoms with van der Waals surface area (Å²) in [6.07, 6.45) is 0. The van der Waals surface area contributed by atoms with Crippen LogP contribution in [0.5, 0.6) is 5.75 Å². The lowest BCUT2D eigenvalue weighted by atomic mass is 10.1. The standard InChI is InChI=1S/C16H17F2NOS/c1-19-14(12-5-3-4-6-15(12)20-2)10-21-16-9-11(17)7-8-13(16)18/h3-9,14,19H,10H2,1-2H3. The molecule has 1 unspecified atom stereocenters. The second kappa shape index (κ2) is 7.43. The first kappa shape index (κ1) is 15.8. The molecule has 0 fully saturated rings. The van der Waals surface area contributed by atoms with Gasteiger partial charge in [-0.15, -0.1) is 11.8 Å². The van der Waals surface area contributed by atoms with Crippen LogP contribution in [0, 0.1) is 11.6 Å². The first-order chi connectivity index (χ1) is 10.2. The van der Waals surface area contributed by atoms with Gasteiger partial charge in [-0.3, -0.25) is 0 Å². The molecule has 21 heavy (non-hydrogen) atoms. The van der Waals surface area contributed by atoms with Crippen LogP contribution in [0.3, 0.4) is 0 Å². The molecular formula is C16H17F2NOS. The highest BCUT2D eigenvalue weighted by molar-refractivity contribution is 7.99. The molecule has 1 atom stereocenters. The van der Waals surface area contributed by atoms with E-state index >= 15 is 0 Å². The van der Waals surface area contributed by atoms with Gasteiger partial charge < -0.3 is 10.1 Å². The van der Waals surface area contributed by atoms with E-state index in [1.165, 1.54) is 17.8 Å². The van der Waals surface area contributed by atoms with Crippen LogP contribution >= 0.6 is 11.8 Å². The zero-order valence-electron chi connectivity index (χ0n) is 11.9. The molecule has 1 N–H and O–H groups in total. The van der Waals surface area contributed by atoms with Gasteiger partial charge in [0.15, 0.2) is 0 Å². The van der Waals surface area contributed by atoms with Crippen molar-refractivity contribution in [1.82, 2.24) is 5.32 Å². The lowest BCUT2D eigenvalue weighted by Gasteiger charge is -2.19. The average molecular weight is 309 g/mol. The Morgan fingerprint density at radius 2 is 1.95 bits per heavy atom. The van der Waals surface area contributed by atoms with E-state index in [2.05, 4.69) is 5.32 Å². The number of ether oxygens (including phenoxy) is 1. The number of hydrogen-bond donors (Lipinski definition) is 1. The Bertz CT molecular complexity index is 607. The molecule has 0 aromatic heterocycles. The van der Waals surface area contributed by atoms with Crippen molar-refractivity contribution >= 4 is 11.8 Å². The first-order valence-corrected chi connectivity index (χ1v) is 7.52. The summed E-state index contributed by atoms with van der Waals surface area (Å²) in [7, 11) is 3.45. The SMILES string of the molecule is CNC(CSc1cc(F)ccc1F)c1ccccc1OC. The van der Waals surface area contributed by atoms with E-state index in [-0.39, 0.29) is 6.04 Å². The monoisotopic (exact) mass is 309 g/mol. The van der Waals surface area contributed by atoms with Crippen molar-refractivity contribution in [2.24, 2.45) is 0 Å². The lowest BCUT2D eigenvalue weighted by Crippen LogP contribution is -2.19. The first-order valence-electron chi connectivity index (χ1n) is 6.53. The third-order valence-corrected chi connectivity index (χ3v) is 4.29. The molecule has 0 saturated carbocycles. The van der Waals surface area contributed by atoms with Crippen molar-refractivity contribution in [3.63, 3.8) is 0 Å². The maximum Gasteiger partial charge on any atom is 0.136 e. The number of thioether (sulfide) groups is 1. The highest BCUT2D eigenvalue weighted by Gasteiger charge is 2.15. The van der Waals surface area contributed by atoms with Crippen LogP contribution in [0.4, 0.5) is 8.78 Å². The Hall–Kier alpha value is -1.59. The van der Waals surface area contributed by atoms with E-state index in [1.807, 2.05) is 31.3 Å². The van der Waals surface area contributed by atoms with E-state index in [9.17, 15) is 8.78 Å². The third kappa shape index (κ3) is 3.95. The Morgan fingerprint density at radius 1 is 1.19 bits per heavy atom. The van der Waals surface area contributed by atoms with Gasteiger partial charge >= 0.3 is 0 Å². The fourth-order valence-electron chi connectivity index (χ4n) is 2.04. The summed E-state index contributed by atoms with van der Waals surface area (Å²) in [4.78, 5) is 0.310. The summed E-state index contributed by atoms with van der Waals surface area (Å²) in [5.41, 5.74) is 0.992. The predicted octanol–water partition coefficient (Wildman–Crippen LogP) is 4.03. The van der Waals surface area contributed by atoms with Crippen LogP contribution in [0.25, 0.3) is 0 Å². The predicted molar refractivity (Wildman–Crippen MR) is 81.9 cm³/mol.